The van der Waals surface area contributed by atoms with Crippen LogP contribution in [0.2, 0.25) is 0 Å². The van der Waals surface area contributed by atoms with E-state index in [9.17, 15) is 4.79 Å². The molecule has 0 N–H and O–H groups in total. The smallest absolute Gasteiger partial charge is 0.314 e. The number of hydrogen-bond donors (Lipinski definition) is 1. The summed E-state index contributed by atoms with van der Waals surface area (Å²) in [5.74, 6) is 0.759. The Morgan fingerprint density at radius 3 is 2.42 bits per heavy atom. The molecule has 2 aromatic rings. The molecule has 0 saturated heterocycles. The summed E-state index contributed by atoms with van der Waals surface area (Å²) in [6.45, 7) is 2.39. The first-order chi connectivity index (χ1) is 11.5. The van der Waals surface area contributed by atoms with Crippen LogP contribution in [0.1, 0.15) is 18.4 Å². The van der Waals surface area contributed by atoms with Crippen LogP contribution in [-0.2, 0) is 9.53 Å². The summed E-state index contributed by atoms with van der Waals surface area (Å²) in [7, 11) is 3.82. The van der Waals surface area contributed by atoms with Crippen LogP contribution in [-0.4, -0.2) is 36.9 Å². The van der Waals surface area contributed by atoms with Crippen molar-refractivity contribution in [3.63, 3.8) is 0 Å². The number of thiol groups is 1. The second-order valence-corrected chi connectivity index (χ2v) is 6.44. The number of carbonyl (C=O) groups excluding carboxylic acids is 1. The van der Waals surface area contributed by atoms with Crippen LogP contribution in [0.5, 0.6) is 11.5 Å². The van der Waals surface area contributed by atoms with Gasteiger partial charge in [-0.1, -0.05) is 30.3 Å². The SMILES string of the molecule is CC(C(=O)OC(S)CN(C)C)c1cccc(Oc2ccccc2)c1. The molecule has 0 spiro atoms. The topological polar surface area (TPSA) is 38.8 Å². The second-order valence-electron chi connectivity index (χ2n) is 5.86. The van der Waals surface area contributed by atoms with Gasteiger partial charge < -0.3 is 14.4 Å². The van der Waals surface area contributed by atoms with Crippen LogP contribution in [0.4, 0.5) is 0 Å². The van der Waals surface area contributed by atoms with Crippen LogP contribution in [0.25, 0.3) is 0 Å². The van der Waals surface area contributed by atoms with E-state index in [0.717, 1.165) is 11.3 Å². The number of ether oxygens (including phenoxy) is 2. The fourth-order valence-corrected chi connectivity index (χ4v) is 2.62. The molecule has 2 atom stereocenters. The van der Waals surface area contributed by atoms with Gasteiger partial charge in [-0.3, -0.25) is 4.79 Å². The third-order valence-corrected chi connectivity index (χ3v) is 3.73. The minimum absolute atomic E-state index is 0.297. The van der Waals surface area contributed by atoms with Gasteiger partial charge in [0.05, 0.1) is 5.92 Å². The van der Waals surface area contributed by atoms with Crippen molar-refractivity contribution >= 4 is 18.6 Å². The molecule has 128 valence electrons. The molecule has 0 aliphatic heterocycles. The van der Waals surface area contributed by atoms with Gasteiger partial charge in [-0.05, 0) is 50.8 Å². The van der Waals surface area contributed by atoms with Gasteiger partial charge in [0, 0.05) is 6.54 Å². The number of esters is 1. The monoisotopic (exact) mass is 345 g/mol. The highest BCUT2D eigenvalue weighted by atomic mass is 32.1. The quantitative estimate of drug-likeness (QED) is 0.469. The van der Waals surface area contributed by atoms with Crippen LogP contribution in [0, 0.1) is 0 Å². The third-order valence-electron chi connectivity index (χ3n) is 3.46. The van der Waals surface area contributed by atoms with Gasteiger partial charge in [-0.25, -0.2) is 0 Å². The molecule has 2 rings (SSSR count). The van der Waals surface area contributed by atoms with E-state index >= 15 is 0 Å². The molecule has 0 heterocycles. The normalized spacial score (nSPS) is 13.4. The number of hydrogen-bond acceptors (Lipinski definition) is 5. The fraction of sp³-hybridized carbons (Fsp3) is 0.316. The molecule has 0 amide bonds. The van der Waals surface area contributed by atoms with Gasteiger partial charge in [0.1, 0.15) is 11.5 Å². The lowest BCUT2D eigenvalue weighted by Gasteiger charge is -2.19. The Morgan fingerprint density at radius 1 is 1.08 bits per heavy atom. The van der Waals surface area contributed by atoms with Crippen LogP contribution in [0.15, 0.2) is 54.6 Å². The first-order valence-corrected chi connectivity index (χ1v) is 8.33. The maximum absolute atomic E-state index is 12.3. The van der Waals surface area contributed by atoms with Crippen molar-refractivity contribution in [3.05, 3.63) is 60.2 Å². The van der Waals surface area contributed by atoms with E-state index in [4.69, 9.17) is 9.47 Å². The van der Waals surface area contributed by atoms with E-state index in [1.807, 2.05) is 80.5 Å². The minimum atomic E-state index is -0.446. The van der Waals surface area contributed by atoms with Gasteiger partial charge in [-0.15, -0.1) is 12.6 Å². The lowest BCUT2D eigenvalue weighted by Crippen LogP contribution is -2.28. The van der Waals surface area contributed by atoms with Gasteiger partial charge in [0.15, 0.2) is 5.44 Å². The van der Waals surface area contributed by atoms with E-state index < -0.39 is 5.44 Å². The van der Waals surface area contributed by atoms with Gasteiger partial charge in [0.2, 0.25) is 0 Å². The molecule has 4 nitrogen and oxygen atoms in total. The average molecular weight is 345 g/mol. The van der Waals surface area contributed by atoms with E-state index in [0.29, 0.717) is 12.3 Å². The number of likely N-dealkylation sites (N-methyl/N-ethyl adjacent to an activating group) is 1. The van der Waals surface area contributed by atoms with Crippen LogP contribution >= 0.6 is 12.6 Å². The van der Waals surface area contributed by atoms with E-state index in [1.54, 1.807) is 0 Å². The fourth-order valence-electron chi connectivity index (χ4n) is 2.19. The maximum atomic E-state index is 12.3. The Morgan fingerprint density at radius 2 is 1.75 bits per heavy atom. The molecule has 0 radical (unpaired) electrons. The molecule has 0 aliphatic rings. The number of nitrogens with zero attached hydrogens (tertiary/aromatic N) is 1. The minimum Gasteiger partial charge on any atom is -0.457 e. The number of rotatable bonds is 7. The summed E-state index contributed by atoms with van der Waals surface area (Å²) < 4.78 is 11.2. The summed E-state index contributed by atoms with van der Waals surface area (Å²) in [4.78, 5) is 14.2. The van der Waals surface area contributed by atoms with Crippen molar-refractivity contribution in [1.82, 2.24) is 4.90 Å². The number of carbonyl (C=O) groups is 1. The van der Waals surface area contributed by atoms with Gasteiger partial charge >= 0.3 is 5.97 Å². The Kier molecular flexibility index (Phi) is 6.70. The van der Waals surface area contributed by atoms with Crippen LogP contribution in [0.3, 0.4) is 0 Å². The first kappa shape index (κ1) is 18.4. The zero-order valence-corrected chi connectivity index (χ0v) is 15.1. The summed E-state index contributed by atoms with van der Waals surface area (Å²) in [6, 6.07) is 17.0. The second kappa shape index (κ2) is 8.76. The molecule has 5 heteroatoms. The van der Waals surface area contributed by atoms with Gasteiger partial charge in [-0.2, -0.15) is 0 Å². The molecule has 2 unspecified atom stereocenters. The largest absolute Gasteiger partial charge is 0.457 e. The predicted octanol–water partition coefficient (Wildman–Crippen LogP) is 3.94. The summed E-state index contributed by atoms with van der Waals surface area (Å²) in [5.41, 5.74) is 0.400. The Hall–Kier alpha value is -1.98. The number of para-hydroxylation sites is 1. The zero-order chi connectivity index (χ0) is 17.5. The van der Waals surface area contributed by atoms with E-state index in [1.165, 1.54) is 0 Å². The van der Waals surface area contributed by atoms with Crippen LogP contribution < -0.4 is 4.74 Å². The molecular weight excluding hydrogens is 322 g/mol. The molecular formula is C19H23NO3S. The van der Waals surface area contributed by atoms with Crippen molar-refractivity contribution < 1.29 is 14.3 Å². The predicted molar refractivity (Wildman–Crippen MR) is 98.8 cm³/mol. The Labute approximate surface area is 148 Å². The maximum Gasteiger partial charge on any atom is 0.314 e. The van der Waals surface area contributed by atoms with E-state index in [-0.39, 0.29) is 11.9 Å². The first-order valence-electron chi connectivity index (χ1n) is 7.82. The molecule has 0 aliphatic carbocycles. The zero-order valence-electron chi connectivity index (χ0n) is 14.2. The highest BCUT2D eigenvalue weighted by Gasteiger charge is 2.20. The standard InChI is InChI=1S/C19H23NO3S/c1-14(19(21)23-18(24)13-20(2)3)15-8-7-11-17(12-15)22-16-9-5-4-6-10-16/h4-12,14,18,24H,13H2,1-3H3. The summed E-state index contributed by atoms with van der Waals surface area (Å²) >= 11 is 4.29. The summed E-state index contributed by atoms with van der Waals surface area (Å²) in [5, 5.41) is 0. The Balaban J connectivity index is 2.03. The highest BCUT2D eigenvalue weighted by molar-refractivity contribution is 7.80. The molecule has 0 saturated carbocycles. The van der Waals surface area contributed by atoms with Crippen molar-refractivity contribution in [2.75, 3.05) is 20.6 Å². The van der Waals surface area contributed by atoms with Crippen molar-refractivity contribution in [2.45, 2.75) is 18.3 Å². The van der Waals surface area contributed by atoms with Crippen molar-refractivity contribution in [2.24, 2.45) is 0 Å². The molecule has 0 fully saturated rings. The van der Waals surface area contributed by atoms with E-state index in [2.05, 4.69) is 12.6 Å². The van der Waals surface area contributed by atoms with Crippen molar-refractivity contribution in [3.8, 4) is 11.5 Å². The molecule has 2 aromatic carbocycles. The third kappa shape index (κ3) is 5.58. The average Bonchev–Trinajstić information content (AvgIpc) is 2.54. The lowest BCUT2D eigenvalue weighted by atomic mass is 10.0. The Bertz CT molecular complexity index is 661. The molecule has 0 bridgehead atoms. The van der Waals surface area contributed by atoms with Crippen molar-refractivity contribution in [1.29, 1.82) is 0 Å². The molecule has 24 heavy (non-hydrogen) atoms. The molecule has 0 aromatic heterocycles. The lowest BCUT2D eigenvalue weighted by molar-refractivity contribution is -0.146. The summed E-state index contributed by atoms with van der Waals surface area (Å²) in [6.07, 6.45) is 0. The van der Waals surface area contributed by atoms with Gasteiger partial charge in [0.25, 0.3) is 0 Å². The highest BCUT2D eigenvalue weighted by Crippen LogP contribution is 2.26. The number of benzene rings is 2.